The Labute approximate surface area is 151 Å². The van der Waals surface area contributed by atoms with Crippen LogP contribution < -0.4 is 4.74 Å². The fourth-order valence-corrected chi connectivity index (χ4v) is 3.16. The molecule has 7 heteroatoms. The Morgan fingerprint density at radius 3 is 2.40 bits per heavy atom. The molecule has 0 bridgehead atoms. The van der Waals surface area contributed by atoms with Crippen molar-refractivity contribution in [3.63, 3.8) is 0 Å². The third-order valence-corrected chi connectivity index (χ3v) is 4.27. The summed E-state index contributed by atoms with van der Waals surface area (Å²) in [6, 6.07) is 6.27. The number of thioether (sulfide) groups is 1. The molecule has 1 saturated heterocycles. The number of ether oxygens (including phenoxy) is 2. The first kappa shape index (κ1) is 19.1. The molecule has 25 heavy (non-hydrogen) atoms. The number of benzene rings is 1. The van der Waals surface area contributed by atoms with Crippen LogP contribution in [0.15, 0.2) is 29.2 Å². The summed E-state index contributed by atoms with van der Waals surface area (Å²) in [5, 5.41) is -0.475. The molecule has 1 aromatic carbocycles. The van der Waals surface area contributed by atoms with Crippen LogP contribution in [0, 0.1) is 0 Å². The van der Waals surface area contributed by atoms with E-state index in [-0.39, 0.29) is 17.6 Å². The molecule has 2 rings (SSSR count). The predicted octanol–water partition coefficient (Wildman–Crippen LogP) is 3.46. The first-order valence-corrected chi connectivity index (χ1v) is 8.85. The molecule has 0 N–H and O–H groups in total. The molecule has 6 nitrogen and oxygen atoms in total. The Morgan fingerprint density at radius 1 is 1.20 bits per heavy atom. The molecule has 0 aliphatic carbocycles. The molecule has 0 spiro atoms. The Morgan fingerprint density at radius 2 is 1.84 bits per heavy atom. The molecule has 1 aliphatic heterocycles. The van der Waals surface area contributed by atoms with Gasteiger partial charge in [0.1, 0.15) is 11.8 Å². The summed E-state index contributed by atoms with van der Waals surface area (Å²) in [5.41, 5.74) is 0.769. The van der Waals surface area contributed by atoms with Gasteiger partial charge in [0.05, 0.1) is 17.6 Å². The van der Waals surface area contributed by atoms with Gasteiger partial charge in [-0.15, -0.1) is 0 Å². The second kappa shape index (κ2) is 8.20. The van der Waals surface area contributed by atoms with Crippen LogP contribution in [-0.2, 0) is 14.3 Å². The van der Waals surface area contributed by atoms with Crippen molar-refractivity contribution < 1.29 is 23.9 Å². The molecular weight excluding hydrogens is 342 g/mol. The van der Waals surface area contributed by atoms with Gasteiger partial charge in [-0.3, -0.25) is 14.5 Å². The van der Waals surface area contributed by atoms with Gasteiger partial charge in [0.25, 0.3) is 11.1 Å². The van der Waals surface area contributed by atoms with Gasteiger partial charge in [-0.25, -0.2) is 4.79 Å². The average Bonchev–Trinajstić information content (AvgIpc) is 2.82. The van der Waals surface area contributed by atoms with Gasteiger partial charge in [-0.2, -0.15) is 0 Å². The summed E-state index contributed by atoms with van der Waals surface area (Å²) in [6.07, 6.45) is 1.70. The minimum absolute atomic E-state index is 0.0757. The lowest BCUT2D eigenvalue weighted by atomic mass is 10.2. The van der Waals surface area contributed by atoms with E-state index < -0.39 is 23.2 Å². The van der Waals surface area contributed by atoms with Crippen LogP contribution in [0.3, 0.4) is 0 Å². The number of amides is 2. The van der Waals surface area contributed by atoms with Crippen molar-refractivity contribution in [3.8, 4) is 5.75 Å². The summed E-state index contributed by atoms with van der Waals surface area (Å²) in [4.78, 5) is 37.6. The van der Waals surface area contributed by atoms with Crippen molar-refractivity contribution in [2.45, 2.75) is 39.8 Å². The van der Waals surface area contributed by atoms with Gasteiger partial charge in [0.15, 0.2) is 0 Å². The Balaban J connectivity index is 2.15. The molecule has 0 saturated carbocycles. The zero-order valence-corrected chi connectivity index (χ0v) is 15.5. The van der Waals surface area contributed by atoms with E-state index >= 15 is 0 Å². The van der Waals surface area contributed by atoms with Gasteiger partial charge in [0.2, 0.25) is 0 Å². The van der Waals surface area contributed by atoms with Gasteiger partial charge in [-0.1, -0.05) is 12.1 Å². The molecule has 1 heterocycles. The molecule has 1 aromatic rings. The summed E-state index contributed by atoms with van der Waals surface area (Å²) in [7, 11) is 0. The highest BCUT2D eigenvalue weighted by Gasteiger charge is 2.41. The maximum absolute atomic E-state index is 12.5. The lowest BCUT2D eigenvalue weighted by Crippen LogP contribution is -2.42. The zero-order valence-electron chi connectivity index (χ0n) is 14.6. The fraction of sp³-hybridized carbons (Fsp3) is 0.389. The van der Waals surface area contributed by atoms with E-state index in [1.54, 1.807) is 37.3 Å². The summed E-state index contributed by atoms with van der Waals surface area (Å²) in [5.74, 6) is -0.351. The van der Waals surface area contributed by atoms with E-state index in [0.717, 1.165) is 28.0 Å². The quantitative estimate of drug-likeness (QED) is 0.569. The number of rotatable bonds is 6. The van der Waals surface area contributed by atoms with Crippen LogP contribution in [0.5, 0.6) is 5.75 Å². The van der Waals surface area contributed by atoms with Crippen LogP contribution in [0.1, 0.15) is 33.3 Å². The zero-order chi connectivity index (χ0) is 18.6. The standard InChI is InChI=1S/C18H21NO5S/c1-5-23-17(21)12(4)19-16(20)15(25-18(19)22)10-13-6-8-14(9-7-13)24-11(2)3/h6-12H,5H2,1-4H3/b15-10+/t12-/m0/s1. The van der Waals surface area contributed by atoms with Crippen LogP contribution >= 0.6 is 11.8 Å². The van der Waals surface area contributed by atoms with Crippen LogP contribution in [-0.4, -0.2) is 40.8 Å². The third kappa shape index (κ3) is 4.63. The summed E-state index contributed by atoms with van der Waals surface area (Å²) in [6.45, 7) is 7.23. The normalized spacial score (nSPS) is 17.3. The number of hydrogen-bond acceptors (Lipinski definition) is 6. The van der Waals surface area contributed by atoms with Gasteiger partial charge >= 0.3 is 5.97 Å². The lowest BCUT2D eigenvalue weighted by molar-refractivity contribution is -0.150. The lowest BCUT2D eigenvalue weighted by Gasteiger charge is -2.19. The Bertz CT molecular complexity index is 696. The minimum atomic E-state index is -0.944. The van der Waals surface area contributed by atoms with E-state index in [2.05, 4.69) is 0 Å². The molecule has 1 aliphatic rings. The van der Waals surface area contributed by atoms with E-state index in [1.807, 2.05) is 13.8 Å². The van der Waals surface area contributed by atoms with Crippen molar-refractivity contribution in [1.82, 2.24) is 4.90 Å². The molecule has 2 amide bonds. The first-order valence-electron chi connectivity index (χ1n) is 8.04. The van der Waals surface area contributed by atoms with Gasteiger partial charge in [0, 0.05) is 0 Å². The molecule has 1 fully saturated rings. The smallest absolute Gasteiger partial charge is 0.329 e. The van der Waals surface area contributed by atoms with Crippen LogP contribution in [0.4, 0.5) is 4.79 Å². The van der Waals surface area contributed by atoms with E-state index in [1.165, 1.54) is 6.92 Å². The SMILES string of the molecule is CCOC(=O)[C@H](C)N1C(=O)S/C(=C/c2ccc(OC(C)C)cc2)C1=O. The maximum Gasteiger partial charge on any atom is 0.329 e. The average molecular weight is 363 g/mol. The number of carbonyl (C=O) groups is 3. The van der Waals surface area contributed by atoms with E-state index in [0.29, 0.717) is 0 Å². The number of imide groups is 1. The molecule has 0 radical (unpaired) electrons. The second-order valence-corrected chi connectivity index (χ2v) is 6.71. The monoisotopic (exact) mass is 363 g/mol. The predicted molar refractivity (Wildman–Crippen MR) is 96.1 cm³/mol. The van der Waals surface area contributed by atoms with Crippen molar-refractivity contribution >= 4 is 35.0 Å². The molecule has 0 unspecified atom stereocenters. The Kier molecular flexibility index (Phi) is 6.25. The molecule has 134 valence electrons. The van der Waals surface area contributed by atoms with E-state index in [9.17, 15) is 14.4 Å². The largest absolute Gasteiger partial charge is 0.491 e. The second-order valence-electron chi connectivity index (χ2n) is 5.72. The number of esters is 1. The van der Waals surface area contributed by atoms with Gasteiger partial charge in [-0.05, 0) is 63.2 Å². The highest BCUT2D eigenvalue weighted by molar-refractivity contribution is 8.18. The van der Waals surface area contributed by atoms with Crippen molar-refractivity contribution in [2.24, 2.45) is 0 Å². The van der Waals surface area contributed by atoms with Gasteiger partial charge < -0.3 is 9.47 Å². The fourth-order valence-electron chi connectivity index (χ4n) is 2.25. The highest BCUT2D eigenvalue weighted by Crippen LogP contribution is 2.34. The molecule has 0 aromatic heterocycles. The highest BCUT2D eigenvalue weighted by atomic mass is 32.2. The summed E-state index contributed by atoms with van der Waals surface area (Å²) < 4.78 is 10.5. The number of carbonyl (C=O) groups excluding carboxylic acids is 3. The first-order chi connectivity index (χ1) is 11.8. The van der Waals surface area contributed by atoms with Crippen LogP contribution in [0.25, 0.3) is 6.08 Å². The van der Waals surface area contributed by atoms with E-state index in [4.69, 9.17) is 9.47 Å². The summed E-state index contributed by atoms with van der Waals surface area (Å²) >= 11 is 0.815. The topological polar surface area (TPSA) is 72.9 Å². The maximum atomic E-state index is 12.5. The number of nitrogens with zero attached hydrogens (tertiary/aromatic N) is 1. The number of hydrogen-bond donors (Lipinski definition) is 0. The molecule has 1 atom stereocenters. The van der Waals surface area contributed by atoms with Crippen molar-refractivity contribution in [2.75, 3.05) is 6.61 Å². The van der Waals surface area contributed by atoms with Crippen molar-refractivity contribution in [3.05, 3.63) is 34.7 Å². The minimum Gasteiger partial charge on any atom is -0.491 e. The Hall–Kier alpha value is -2.28. The van der Waals surface area contributed by atoms with Crippen LogP contribution in [0.2, 0.25) is 0 Å². The van der Waals surface area contributed by atoms with Crippen molar-refractivity contribution in [1.29, 1.82) is 0 Å². The molecular formula is C18H21NO5S. The third-order valence-electron chi connectivity index (χ3n) is 3.39.